The van der Waals surface area contributed by atoms with Gasteiger partial charge in [-0.1, -0.05) is 42.5 Å². The van der Waals surface area contributed by atoms with Crippen LogP contribution < -0.4 is 10.1 Å². The fourth-order valence-corrected chi connectivity index (χ4v) is 4.26. The SMILES string of the molecule is Cc1oc(-c2ccc(C(=O)N[C@@H]3CCCc4ccccc43)cc2)nc1COc1ccccc1. The van der Waals surface area contributed by atoms with Gasteiger partial charge in [0.25, 0.3) is 5.91 Å². The quantitative estimate of drug-likeness (QED) is 0.399. The maximum absolute atomic E-state index is 12.9. The van der Waals surface area contributed by atoms with Crippen LogP contribution in [0.4, 0.5) is 0 Å². The largest absolute Gasteiger partial charge is 0.487 e. The van der Waals surface area contributed by atoms with Crippen molar-refractivity contribution < 1.29 is 13.9 Å². The van der Waals surface area contributed by atoms with Crippen molar-refractivity contribution in [2.45, 2.75) is 38.8 Å². The highest BCUT2D eigenvalue weighted by Crippen LogP contribution is 2.30. The number of benzene rings is 3. The second-order valence-corrected chi connectivity index (χ2v) is 8.32. The molecule has 166 valence electrons. The third-order valence-electron chi connectivity index (χ3n) is 6.08. The van der Waals surface area contributed by atoms with Crippen molar-refractivity contribution in [3.63, 3.8) is 0 Å². The summed E-state index contributed by atoms with van der Waals surface area (Å²) in [6, 6.07) is 25.4. The molecule has 0 fully saturated rings. The van der Waals surface area contributed by atoms with E-state index in [-0.39, 0.29) is 11.9 Å². The van der Waals surface area contributed by atoms with Crippen LogP contribution in [-0.2, 0) is 13.0 Å². The molecule has 3 aromatic carbocycles. The minimum atomic E-state index is -0.0659. The van der Waals surface area contributed by atoms with Crippen LogP contribution in [0.25, 0.3) is 11.5 Å². The zero-order valence-corrected chi connectivity index (χ0v) is 18.6. The third kappa shape index (κ3) is 4.67. The first-order chi connectivity index (χ1) is 16.2. The molecule has 1 amide bonds. The summed E-state index contributed by atoms with van der Waals surface area (Å²) in [5, 5.41) is 3.20. The number of nitrogens with zero attached hydrogens (tertiary/aromatic N) is 1. The van der Waals surface area contributed by atoms with E-state index in [9.17, 15) is 4.79 Å². The molecule has 1 aromatic heterocycles. The number of rotatable bonds is 6. The summed E-state index contributed by atoms with van der Waals surface area (Å²) in [6.07, 6.45) is 3.12. The van der Waals surface area contributed by atoms with E-state index in [2.05, 4.69) is 28.5 Å². The van der Waals surface area contributed by atoms with E-state index in [1.54, 1.807) is 0 Å². The first-order valence-electron chi connectivity index (χ1n) is 11.3. The number of ether oxygens (including phenoxy) is 1. The standard InChI is InChI=1S/C28H26N2O3/c1-19-26(18-32-23-10-3-2-4-11-23)30-28(33-19)22-16-14-21(15-17-22)27(31)29-25-13-7-9-20-8-5-6-12-24(20)25/h2-6,8,10-12,14-17,25H,7,9,13,18H2,1H3,(H,29,31)/t25-/m1/s1. The molecule has 0 saturated heterocycles. The van der Waals surface area contributed by atoms with E-state index in [0.717, 1.165) is 42.0 Å². The molecule has 1 aliphatic rings. The number of carbonyl (C=O) groups is 1. The number of nitrogens with one attached hydrogen (secondary N) is 1. The fourth-order valence-electron chi connectivity index (χ4n) is 4.26. The molecule has 1 atom stereocenters. The Balaban J connectivity index is 1.26. The van der Waals surface area contributed by atoms with Crippen LogP contribution in [0.2, 0.25) is 0 Å². The molecular weight excluding hydrogens is 412 g/mol. The number of carbonyl (C=O) groups excluding carboxylic acids is 1. The van der Waals surface area contributed by atoms with Gasteiger partial charge >= 0.3 is 0 Å². The number of amides is 1. The van der Waals surface area contributed by atoms with Crippen LogP contribution in [0, 0.1) is 6.92 Å². The van der Waals surface area contributed by atoms with E-state index in [4.69, 9.17) is 9.15 Å². The maximum Gasteiger partial charge on any atom is 0.251 e. The van der Waals surface area contributed by atoms with Gasteiger partial charge in [-0.2, -0.15) is 0 Å². The number of oxazole rings is 1. The lowest BCUT2D eigenvalue weighted by molar-refractivity contribution is 0.0932. The Morgan fingerprint density at radius 1 is 1.03 bits per heavy atom. The third-order valence-corrected chi connectivity index (χ3v) is 6.08. The minimum Gasteiger partial charge on any atom is -0.487 e. The van der Waals surface area contributed by atoms with Gasteiger partial charge in [-0.3, -0.25) is 4.79 Å². The molecule has 4 aromatic rings. The van der Waals surface area contributed by atoms with Gasteiger partial charge in [-0.15, -0.1) is 0 Å². The van der Waals surface area contributed by atoms with Crippen molar-refractivity contribution in [2.24, 2.45) is 0 Å². The predicted octanol–water partition coefficient (Wildman–Crippen LogP) is 6.04. The number of aromatic nitrogens is 1. The van der Waals surface area contributed by atoms with Crippen LogP contribution in [-0.4, -0.2) is 10.9 Å². The van der Waals surface area contributed by atoms with E-state index in [0.29, 0.717) is 18.1 Å². The molecule has 1 aliphatic carbocycles. The molecule has 5 heteroatoms. The Bertz CT molecular complexity index is 1250. The highest BCUT2D eigenvalue weighted by atomic mass is 16.5. The van der Waals surface area contributed by atoms with Crippen LogP contribution in [0.3, 0.4) is 0 Å². The van der Waals surface area contributed by atoms with Crippen LogP contribution in [0.15, 0.2) is 83.3 Å². The van der Waals surface area contributed by atoms with Gasteiger partial charge in [0.15, 0.2) is 0 Å². The first-order valence-corrected chi connectivity index (χ1v) is 11.3. The summed E-state index contributed by atoms with van der Waals surface area (Å²) in [7, 11) is 0. The summed E-state index contributed by atoms with van der Waals surface area (Å²) in [5.74, 6) is 1.97. The lowest BCUT2D eigenvalue weighted by atomic mass is 9.87. The van der Waals surface area contributed by atoms with E-state index in [1.807, 2.05) is 67.6 Å². The van der Waals surface area contributed by atoms with E-state index in [1.165, 1.54) is 11.1 Å². The Morgan fingerprint density at radius 2 is 1.79 bits per heavy atom. The van der Waals surface area contributed by atoms with E-state index >= 15 is 0 Å². The number of para-hydroxylation sites is 1. The molecular formula is C28H26N2O3. The molecule has 33 heavy (non-hydrogen) atoms. The second kappa shape index (κ2) is 9.33. The van der Waals surface area contributed by atoms with Gasteiger partial charge in [-0.05, 0) is 73.7 Å². The Labute approximate surface area is 193 Å². The zero-order chi connectivity index (χ0) is 22.6. The molecule has 5 rings (SSSR count). The van der Waals surface area contributed by atoms with Crippen molar-refractivity contribution in [2.75, 3.05) is 0 Å². The van der Waals surface area contributed by atoms with Crippen molar-refractivity contribution >= 4 is 5.91 Å². The lowest BCUT2D eigenvalue weighted by Crippen LogP contribution is -2.30. The molecule has 0 radical (unpaired) electrons. The molecule has 1 heterocycles. The van der Waals surface area contributed by atoms with Crippen molar-refractivity contribution in [1.82, 2.24) is 10.3 Å². The smallest absolute Gasteiger partial charge is 0.251 e. The summed E-state index contributed by atoms with van der Waals surface area (Å²) < 4.78 is 11.7. The van der Waals surface area contributed by atoms with Crippen LogP contribution in [0.1, 0.15) is 51.8 Å². The van der Waals surface area contributed by atoms with Gasteiger partial charge in [0, 0.05) is 11.1 Å². The Morgan fingerprint density at radius 3 is 2.61 bits per heavy atom. The lowest BCUT2D eigenvalue weighted by Gasteiger charge is -2.26. The highest BCUT2D eigenvalue weighted by Gasteiger charge is 2.22. The molecule has 5 nitrogen and oxygen atoms in total. The normalized spacial score (nSPS) is 15.0. The molecule has 0 aliphatic heterocycles. The molecule has 0 spiro atoms. The fraction of sp³-hybridized carbons (Fsp3) is 0.214. The van der Waals surface area contributed by atoms with Gasteiger partial charge < -0.3 is 14.5 Å². The van der Waals surface area contributed by atoms with Crippen LogP contribution in [0.5, 0.6) is 5.75 Å². The molecule has 0 bridgehead atoms. The predicted molar refractivity (Wildman–Crippen MR) is 127 cm³/mol. The van der Waals surface area contributed by atoms with Gasteiger partial charge in [0.05, 0.1) is 6.04 Å². The summed E-state index contributed by atoms with van der Waals surface area (Å²) in [4.78, 5) is 17.5. The number of hydrogen-bond acceptors (Lipinski definition) is 4. The summed E-state index contributed by atoms with van der Waals surface area (Å²) in [6.45, 7) is 2.21. The number of fused-ring (bicyclic) bond motifs is 1. The molecule has 1 N–H and O–H groups in total. The Kier molecular flexibility index (Phi) is 5.94. The van der Waals surface area contributed by atoms with Crippen molar-refractivity contribution in [3.8, 4) is 17.2 Å². The van der Waals surface area contributed by atoms with Crippen molar-refractivity contribution in [3.05, 3.63) is 107 Å². The highest BCUT2D eigenvalue weighted by molar-refractivity contribution is 5.94. The average molecular weight is 439 g/mol. The Hall–Kier alpha value is -3.86. The molecule has 0 unspecified atom stereocenters. The van der Waals surface area contributed by atoms with Gasteiger partial charge in [0.2, 0.25) is 5.89 Å². The first kappa shape index (κ1) is 21.0. The van der Waals surface area contributed by atoms with Gasteiger partial charge in [0.1, 0.15) is 23.8 Å². The topological polar surface area (TPSA) is 64.4 Å². The number of hydrogen-bond donors (Lipinski definition) is 1. The zero-order valence-electron chi connectivity index (χ0n) is 18.6. The van der Waals surface area contributed by atoms with Crippen LogP contribution >= 0.6 is 0 Å². The van der Waals surface area contributed by atoms with Gasteiger partial charge in [-0.25, -0.2) is 4.98 Å². The summed E-state index contributed by atoms with van der Waals surface area (Å²) in [5.41, 5.74) is 4.76. The maximum atomic E-state index is 12.9. The second-order valence-electron chi connectivity index (χ2n) is 8.32. The monoisotopic (exact) mass is 438 g/mol. The van der Waals surface area contributed by atoms with E-state index < -0.39 is 0 Å². The van der Waals surface area contributed by atoms with Crippen molar-refractivity contribution in [1.29, 1.82) is 0 Å². The minimum absolute atomic E-state index is 0.0590. The summed E-state index contributed by atoms with van der Waals surface area (Å²) >= 11 is 0. The number of aryl methyl sites for hydroxylation is 2. The average Bonchev–Trinajstić information content (AvgIpc) is 3.24. The molecule has 0 saturated carbocycles.